The molecule has 1 unspecified atom stereocenters. The van der Waals surface area contributed by atoms with E-state index in [1.165, 1.54) is 11.1 Å². The lowest BCUT2D eigenvalue weighted by Gasteiger charge is -2.28. The Balaban J connectivity index is 2.23. The summed E-state index contributed by atoms with van der Waals surface area (Å²) in [6.07, 6.45) is 2.55. The van der Waals surface area contributed by atoms with Gasteiger partial charge in [-0.3, -0.25) is 4.79 Å². The monoisotopic (exact) mass is 274 g/mol. The zero-order chi connectivity index (χ0) is 14.8. The molecule has 3 nitrogen and oxygen atoms in total. The molecule has 0 aromatic heterocycles. The van der Waals surface area contributed by atoms with Crippen molar-refractivity contribution in [3.63, 3.8) is 0 Å². The van der Waals surface area contributed by atoms with Gasteiger partial charge in [0.15, 0.2) is 0 Å². The predicted molar refractivity (Wildman–Crippen MR) is 83.9 cm³/mol. The number of nitrogens with one attached hydrogen (secondary N) is 2. The van der Waals surface area contributed by atoms with Gasteiger partial charge < -0.3 is 10.6 Å². The molecule has 0 aliphatic carbocycles. The number of hydrogen-bond donors (Lipinski definition) is 2. The molecular weight excluding hydrogens is 248 g/mol. The van der Waals surface area contributed by atoms with Crippen molar-refractivity contribution in [2.45, 2.75) is 53.0 Å². The highest BCUT2D eigenvalue weighted by Gasteiger charge is 2.21. The molecule has 1 aromatic carbocycles. The smallest absolute Gasteiger partial charge is 0.224 e. The van der Waals surface area contributed by atoms with Crippen molar-refractivity contribution >= 4 is 11.6 Å². The van der Waals surface area contributed by atoms with Crippen molar-refractivity contribution in [2.24, 2.45) is 5.41 Å². The zero-order valence-electron chi connectivity index (χ0n) is 13.0. The van der Waals surface area contributed by atoms with Gasteiger partial charge in [0.25, 0.3) is 0 Å². The van der Waals surface area contributed by atoms with E-state index in [0.717, 1.165) is 25.1 Å². The van der Waals surface area contributed by atoms with Gasteiger partial charge in [-0.1, -0.05) is 39.8 Å². The molecular formula is C17H26N2O. The number of fused-ring (bicyclic) bond motifs is 1. The van der Waals surface area contributed by atoms with Crippen molar-refractivity contribution in [3.8, 4) is 0 Å². The molecule has 20 heavy (non-hydrogen) atoms. The summed E-state index contributed by atoms with van der Waals surface area (Å²) < 4.78 is 0. The van der Waals surface area contributed by atoms with Crippen LogP contribution in [0.2, 0.25) is 0 Å². The van der Waals surface area contributed by atoms with Crippen LogP contribution in [0.5, 0.6) is 0 Å². The highest BCUT2D eigenvalue weighted by atomic mass is 16.1. The zero-order valence-corrected chi connectivity index (χ0v) is 13.0. The van der Waals surface area contributed by atoms with Gasteiger partial charge in [0.2, 0.25) is 5.91 Å². The first-order valence-corrected chi connectivity index (χ1v) is 7.55. The summed E-state index contributed by atoms with van der Waals surface area (Å²) in [5.74, 6) is 0.128. The van der Waals surface area contributed by atoms with E-state index in [9.17, 15) is 4.79 Å². The molecule has 1 atom stereocenters. The molecule has 0 saturated heterocycles. The fraction of sp³-hybridized carbons (Fsp3) is 0.588. The van der Waals surface area contributed by atoms with E-state index in [4.69, 9.17) is 0 Å². The molecule has 1 amide bonds. The lowest BCUT2D eigenvalue weighted by atomic mass is 9.84. The third-order valence-electron chi connectivity index (χ3n) is 3.69. The average molecular weight is 274 g/mol. The Kier molecular flexibility index (Phi) is 4.48. The number of carbonyl (C=O) groups is 1. The number of rotatable bonds is 4. The summed E-state index contributed by atoms with van der Waals surface area (Å²) in [6, 6.07) is 6.83. The van der Waals surface area contributed by atoms with E-state index >= 15 is 0 Å². The minimum absolute atomic E-state index is 0.128. The van der Waals surface area contributed by atoms with Crippen molar-refractivity contribution in [3.05, 3.63) is 29.3 Å². The molecule has 2 N–H and O–H groups in total. The van der Waals surface area contributed by atoms with Gasteiger partial charge in [0.05, 0.1) is 0 Å². The van der Waals surface area contributed by atoms with E-state index in [0.29, 0.717) is 12.5 Å². The molecule has 1 aliphatic rings. The molecule has 0 saturated carbocycles. The number of amides is 1. The standard InChI is InChI=1S/C17H26N2O/c1-5-18-15(11-17(2,3)4)13-6-8-14-12(10-13)7-9-16(20)19-14/h6,8,10,15,18H,5,7,9,11H2,1-4H3,(H,19,20). The van der Waals surface area contributed by atoms with Crippen LogP contribution < -0.4 is 10.6 Å². The molecule has 0 spiro atoms. The normalized spacial score (nSPS) is 16.5. The highest BCUT2D eigenvalue weighted by Crippen LogP contribution is 2.32. The fourth-order valence-electron chi connectivity index (χ4n) is 2.79. The Morgan fingerprint density at radius 3 is 2.70 bits per heavy atom. The number of aryl methyl sites for hydroxylation is 1. The van der Waals surface area contributed by atoms with Crippen LogP contribution in [0.4, 0.5) is 5.69 Å². The molecule has 0 bridgehead atoms. The SMILES string of the molecule is CCNC(CC(C)(C)C)c1ccc2c(c1)CCC(=O)N2. The maximum absolute atomic E-state index is 11.4. The minimum Gasteiger partial charge on any atom is -0.326 e. The van der Waals surface area contributed by atoms with Gasteiger partial charge in [0, 0.05) is 18.2 Å². The molecule has 0 radical (unpaired) electrons. The third kappa shape index (κ3) is 3.83. The quantitative estimate of drug-likeness (QED) is 0.879. The second kappa shape index (κ2) is 5.96. The van der Waals surface area contributed by atoms with E-state index in [1.807, 2.05) is 0 Å². The summed E-state index contributed by atoms with van der Waals surface area (Å²) in [5, 5.41) is 6.53. The van der Waals surface area contributed by atoms with Gasteiger partial charge in [0.1, 0.15) is 0 Å². The third-order valence-corrected chi connectivity index (χ3v) is 3.69. The van der Waals surface area contributed by atoms with Crippen LogP contribution in [0.15, 0.2) is 18.2 Å². The highest BCUT2D eigenvalue weighted by molar-refractivity contribution is 5.93. The molecule has 110 valence electrons. The van der Waals surface area contributed by atoms with Crippen LogP contribution in [0.25, 0.3) is 0 Å². The fourth-order valence-corrected chi connectivity index (χ4v) is 2.79. The van der Waals surface area contributed by atoms with Crippen LogP contribution in [0.3, 0.4) is 0 Å². The first-order chi connectivity index (χ1) is 9.39. The summed E-state index contributed by atoms with van der Waals surface area (Å²) in [7, 11) is 0. The molecule has 3 heteroatoms. The van der Waals surface area contributed by atoms with E-state index < -0.39 is 0 Å². The second-order valence-corrected chi connectivity index (χ2v) is 6.84. The average Bonchev–Trinajstić information content (AvgIpc) is 2.36. The van der Waals surface area contributed by atoms with E-state index in [-0.39, 0.29) is 11.3 Å². The largest absolute Gasteiger partial charge is 0.326 e. The van der Waals surface area contributed by atoms with Gasteiger partial charge in [-0.05, 0) is 42.0 Å². The summed E-state index contributed by atoms with van der Waals surface area (Å²) in [6.45, 7) is 9.94. The van der Waals surface area contributed by atoms with Crippen molar-refractivity contribution < 1.29 is 4.79 Å². The number of carbonyl (C=O) groups excluding carboxylic acids is 1. The molecule has 0 fully saturated rings. The van der Waals surface area contributed by atoms with Crippen molar-refractivity contribution in [1.29, 1.82) is 0 Å². The molecule has 1 aromatic rings. The van der Waals surface area contributed by atoms with Crippen molar-refractivity contribution in [2.75, 3.05) is 11.9 Å². The van der Waals surface area contributed by atoms with Crippen LogP contribution in [-0.2, 0) is 11.2 Å². The van der Waals surface area contributed by atoms with E-state index in [1.54, 1.807) is 0 Å². The summed E-state index contributed by atoms with van der Waals surface area (Å²) in [4.78, 5) is 11.4. The Morgan fingerprint density at radius 2 is 2.05 bits per heavy atom. The Bertz CT molecular complexity index is 488. The summed E-state index contributed by atoms with van der Waals surface area (Å²) in [5.41, 5.74) is 3.86. The first-order valence-electron chi connectivity index (χ1n) is 7.55. The van der Waals surface area contributed by atoms with Crippen molar-refractivity contribution in [1.82, 2.24) is 5.32 Å². The van der Waals surface area contributed by atoms with Crippen LogP contribution in [0.1, 0.15) is 57.7 Å². The van der Waals surface area contributed by atoms with Gasteiger partial charge >= 0.3 is 0 Å². The van der Waals surface area contributed by atoms with Crippen LogP contribution in [0, 0.1) is 5.41 Å². The molecule has 1 aliphatic heterocycles. The minimum atomic E-state index is 0.128. The summed E-state index contributed by atoms with van der Waals surface area (Å²) >= 11 is 0. The van der Waals surface area contributed by atoms with Gasteiger partial charge in [-0.15, -0.1) is 0 Å². The van der Waals surface area contributed by atoms with E-state index in [2.05, 4.69) is 56.5 Å². The Hall–Kier alpha value is -1.35. The number of hydrogen-bond acceptors (Lipinski definition) is 2. The molecule has 2 rings (SSSR count). The lowest BCUT2D eigenvalue weighted by molar-refractivity contribution is -0.116. The Morgan fingerprint density at radius 1 is 1.30 bits per heavy atom. The molecule has 1 heterocycles. The van der Waals surface area contributed by atoms with Crippen LogP contribution >= 0.6 is 0 Å². The van der Waals surface area contributed by atoms with Crippen LogP contribution in [-0.4, -0.2) is 12.5 Å². The maximum Gasteiger partial charge on any atom is 0.224 e. The maximum atomic E-state index is 11.4. The number of benzene rings is 1. The second-order valence-electron chi connectivity index (χ2n) is 6.84. The predicted octanol–water partition coefficient (Wildman–Crippen LogP) is 3.66. The van der Waals surface area contributed by atoms with Gasteiger partial charge in [-0.2, -0.15) is 0 Å². The topological polar surface area (TPSA) is 41.1 Å². The lowest BCUT2D eigenvalue weighted by Crippen LogP contribution is -2.26. The number of anilines is 1. The van der Waals surface area contributed by atoms with Gasteiger partial charge in [-0.25, -0.2) is 0 Å². The first kappa shape index (κ1) is 15.0. The Labute approximate surface area is 122 Å².